The Hall–Kier alpha value is -2.32. The molecule has 31 heavy (non-hydrogen) atoms. The second-order valence-electron chi connectivity index (χ2n) is 8.36. The molecule has 1 heterocycles. The average Bonchev–Trinajstić information content (AvgIpc) is 2.77. The number of nitrogens with one attached hydrogen (secondary N) is 2. The second kappa shape index (κ2) is 13.2. The number of alkyl carbamates (subject to hydrolysis) is 1. The summed E-state index contributed by atoms with van der Waals surface area (Å²) in [6, 6.07) is 7.62. The Morgan fingerprint density at radius 2 is 2.00 bits per heavy atom. The van der Waals surface area contributed by atoms with Crippen LogP contribution in [-0.2, 0) is 20.8 Å². The number of hydrogen-bond donors (Lipinski definition) is 2. The number of rotatable bonds is 11. The van der Waals surface area contributed by atoms with Gasteiger partial charge in [0.1, 0.15) is 18.4 Å². The number of benzene rings is 1. The number of hydrogen-bond acceptors (Lipinski definition) is 6. The molecule has 2 amide bonds. The van der Waals surface area contributed by atoms with Gasteiger partial charge in [0.25, 0.3) is 0 Å². The summed E-state index contributed by atoms with van der Waals surface area (Å²) < 4.78 is 16.0. The molecule has 2 N–H and O–H groups in total. The fourth-order valence-corrected chi connectivity index (χ4v) is 3.58. The number of methoxy groups -OCH3 is 1. The summed E-state index contributed by atoms with van der Waals surface area (Å²) in [6.07, 6.45) is 2.05. The highest BCUT2D eigenvalue weighted by Gasteiger charge is 2.22. The maximum Gasteiger partial charge on any atom is 0.407 e. The van der Waals surface area contributed by atoms with Crippen LogP contribution in [0, 0.1) is 5.92 Å². The number of nitrogens with zero attached hydrogens (tertiary/aromatic N) is 1. The summed E-state index contributed by atoms with van der Waals surface area (Å²) in [5.41, 5.74) is 0.935. The highest BCUT2D eigenvalue weighted by atomic mass is 16.5. The number of carbonyl (C=O) groups excluding carboxylic acids is 2. The van der Waals surface area contributed by atoms with Crippen LogP contribution in [0.3, 0.4) is 0 Å². The molecule has 1 aliphatic heterocycles. The average molecular weight is 436 g/mol. The van der Waals surface area contributed by atoms with Gasteiger partial charge < -0.3 is 24.8 Å². The molecule has 0 spiro atoms. The van der Waals surface area contributed by atoms with Gasteiger partial charge in [0, 0.05) is 32.3 Å². The van der Waals surface area contributed by atoms with Gasteiger partial charge in [-0.25, -0.2) is 4.79 Å². The molecule has 1 aromatic carbocycles. The lowest BCUT2D eigenvalue weighted by Gasteiger charge is -2.31. The first-order valence-corrected chi connectivity index (χ1v) is 11.0. The zero-order valence-electron chi connectivity index (χ0n) is 19.2. The van der Waals surface area contributed by atoms with Crippen molar-refractivity contribution in [3.8, 4) is 5.75 Å². The quantitative estimate of drug-likeness (QED) is 0.555. The van der Waals surface area contributed by atoms with Crippen LogP contribution < -0.4 is 15.4 Å². The second-order valence-corrected chi connectivity index (χ2v) is 8.36. The van der Waals surface area contributed by atoms with Crippen molar-refractivity contribution >= 4 is 12.0 Å². The van der Waals surface area contributed by atoms with Crippen LogP contribution in [0.5, 0.6) is 5.75 Å². The van der Waals surface area contributed by atoms with Crippen molar-refractivity contribution < 1.29 is 23.8 Å². The molecule has 0 aliphatic carbocycles. The molecule has 1 aliphatic rings. The third kappa shape index (κ3) is 9.14. The zero-order valence-corrected chi connectivity index (χ0v) is 19.2. The molecule has 2 rings (SSSR count). The van der Waals surface area contributed by atoms with Crippen LogP contribution in [0.15, 0.2) is 24.3 Å². The maximum atomic E-state index is 12.6. The fraction of sp³-hybridized carbons (Fsp3) is 0.652. The molecule has 0 saturated carbocycles. The topological polar surface area (TPSA) is 89.1 Å². The van der Waals surface area contributed by atoms with E-state index in [1.807, 2.05) is 38.1 Å². The molecule has 1 atom stereocenters. The van der Waals surface area contributed by atoms with E-state index < -0.39 is 12.1 Å². The molecule has 8 nitrogen and oxygen atoms in total. The zero-order chi connectivity index (χ0) is 22.6. The van der Waals surface area contributed by atoms with Gasteiger partial charge in [-0.1, -0.05) is 26.0 Å². The third-order valence-electron chi connectivity index (χ3n) is 5.39. The third-order valence-corrected chi connectivity index (χ3v) is 5.39. The van der Waals surface area contributed by atoms with Gasteiger partial charge in [0.2, 0.25) is 5.91 Å². The monoisotopic (exact) mass is 435 g/mol. The van der Waals surface area contributed by atoms with Crippen LogP contribution in [0.1, 0.15) is 38.7 Å². The van der Waals surface area contributed by atoms with E-state index in [-0.39, 0.29) is 11.8 Å². The lowest BCUT2D eigenvalue weighted by Crippen LogP contribution is -2.47. The summed E-state index contributed by atoms with van der Waals surface area (Å²) in [4.78, 5) is 26.4. The standard InChI is InChI=1S/C23H37N3O5/c1-17(2)14-21(25-23(28)29-4)22(27)24-16-18-6-5-7-20(15-18)31-13-10-26(3)19-8-11-30-12-9-19/h5-7,15,17,19,21H,8-14,16H2,1-4H3,(H,24,27)(H,25,28). The Balaban J connectivity index is 1.80. The summed E-state index contributed by atoms with van der Waals surface area (Å²) in [5, 5.41) is 5.49. The van der Waals surface area contributed by atoms with Crippen LogP contribution in [0.4, 0.5) is 4.79 Å². The SMILES string of the molecule is COC(=O)NC(CC(C)C)C(=O)NCc1cccc(OCCN(C)C2CCOCC2)c1. The molecule has 174 valence electrons. The van der Waals surface area contributed by atoms with Gasteiger partial charge in [-0.15, -0.1) is 0 Å². The maximum absolute atomic E-state index is 12.6. The number of likely N-dealkylation sites (N-methyl/N-ethyl adjacent to an activating group) is 1. The summed E-state index contributed by atoms with van der Waals surface area (Å²) in [6.45, 7) is 7.47. The molecular formula is C23H37N3O5. The van der Waals surface area contributed by atoms with Crippen LogP contribution >= 0.6 is 0 Å². The first-order chi connectivity index (χ1) is 14.9. The minimum absolute atomic E-state index is 0.233. The van der Waals surface area contributed by atoms with Crippen LogP contribution in [0.2, 0.25) is 0 Å². The van der Waals surface area contributed by atoms with Crippen molar-refractivity contribution in [1.29, 1.82) is 0 Å². The van der Waals surface area contributed by atoms with Gasteiger partial charge in [0.05, 0.1) is 7.11 Å². The first-order valence-electron chi connectivity index (χ1n) is 11.0. The fourth-order valence-electron chi connectivity index (χ4n) is 3.58. The van der Waals surface area contributed by atoms with Gasteiger partial charge in [0.15, 0.2) is 0 Å². The minimum atomic E-state index is -0.632. The molecule has 1 fully saturated rings. The lowest BCUT2D eigenvalue weighted by molar-refractivity contribution is -0.123. The Bertz CT molecular complexity index is 692. The Labute approximate surface area is 185 Å². The van der Waals surface area contributed by atoms with E-state index in [9.17, 15) is 9.59 Å². The van der Waals surface area contributed by atoms with Gasteiger partial charge in [-0.3, -0.25) is 9.69 Å². The molecule has 1 aromatic rings. The Kier molecular flexibility index (Phi) is 10.6. The largest absolute Gasteiger partial charge is 0.492 e. The predicted octanol–water partition coefficient (Wildman–Crippen LogP) is 2.56. The molecule has 0 bridgehead atoms. The van der Waals surface area contributed by atoms with Crippen molar-refractivity contribution in [2.45, 2.75) is 51.7 Å². The molecule has 1 unspecified atom stereocenters. The summed E-state index contributed by atoms with van der Waals surface area (Å²) in [7, 11) is 3.41. The van der Waals surface area contributed by atoms with Crippen molar-refractivity contribution in [2.75, 3.05) is 40.5 Å². The van der Waals surface area contributed by atoms with E-state index in [0.717, 1.165) is 43.9 Å². The van der Waals surface area contributed by atoms with E-state index in [1.54, 1.807) is 0 Å². The molecule has 0 aromatic heterocycles. The Morgan fingerprint density at radius 1 is 1.26 bits per heavy atom. The number of ether oxygens (including phenoxy) is 3. The normalized spacial score (nSPS) is 15.5. The highest BCUT2D eigenvalue weighted by molar-refractivity contribution is 5.85. The van der Waals surface area contributed by atoms with Crippen LogP contribution in [-0.4, -0.2) is 69.5 Å². The van der Waals surface area contributed by atoms with Gasteiger partial charge in [-0.2, -0.15) is 0 Å². The van der Waals surface area contributed by atoms with Crippen molar-refractivity contribution in [3.05, 3.63) is 29.8 Å². The lowest BCUT2D eigenvalue weighted by atomic mass is 10.0. The molecule has 1 saturated heterocycles. The van der Waals surface area contributed by atoms with Crippen LogP contribution in [0.25, 0.3) is 0 Å². The van der Waals surface area contributed by atoms with Crippen molar-refractivity contribution in [1.82, 2.24) is 15.5 Å². The van der Waals surface area contributed by atoms with E-state index in [2.05, 4.69) is 27.3 Å². The van der Waals surface area contributed by atoms with E-state index in [0.29, 0.717) is 25.6 Å². The van der Waals surface area contributed by atoms with Crippen molar-refractivity contribution in [2.24, 2.45) is 5.92 Å². The van der Waals surface area contributed by atoms with E-state index in [4.69, 9.17) is 9.47 Å². The summed E-state index contributed by atoms with van der Waals surface area (Å²) >= 11 is 0. The number of amides is 2. The smallest absolute Gasteiger partial charge is 0.407 e. The molecular weight excluding hydrogens is 398 g/mol. The Morgan fingerprint density at radius 3 is 2.68 bits per heavy atom. The van der Waals surface area contributed by atoms with Gasteiger partial charge in [-0.05, 0) is 49.9 Å². The predicted molar refractivity (Wildman–Crippen MR) is 119 cm³/mol. The number of carbonyl (C=O) groups is 2. The summed E-state index contributed by atoms with van der Waals surface area (Å²) in [5.74, 6) is 0.797. The first kappa shape index (κ1) is 24.9. The van der Waals surface area contributed by atoms with Gasteiger partial charge >= 0.3 is 6.09 Å². The molecule has 0 radical (unpaired) electrons. The highest BCUT2D eigenvalue weighted by Crippen LogP contribution is 2.15. The molecule has 8 heteroatoms. The van der Waals surface area contributed by atoms with Crippen molar-refractivity contribution in [3.63, 3.8) is 0 Å². The van der Waals surface area contributed by atoms with E-state index >= 15 is 0 Å². The minimum Gasteiger partial charge on any atom is -0.492 e. The van der Waals surface area contributed by atoms with E-state index in [1.165, 1.54) is 7.11 Å².